The molecule has 0 aliphatic rings. The number of benzene rings is 1. The lowest BCUT2D eigenvalue weighted by Crippen LogP contribution is -2.39. The Bertz CT molecular complexity index is 504. The van der Waals surface area contributed by atoms with Gasteiger partial charge in [-0.15, -0.1) is 0 Å². The summed E-state index contributed by atoms with van der Waals surface area (Å²) in [5, 5.41) is 30.1. The lowest BCUT2D eigenvalue weighted by atomic mass is 10.0. The molecule has 96 valence electrons. The summed E-state index contributed by atoms with van der Waals surface area (Å²) in [6, 6.07) is 4.28. The molecule has 0 radical (unpaired) electrons. The number of nitriles is 1. The number of rotatable bonds is 4. The van der Waals surface area contributed by atoms with Crippen molar-refractivity contribution in [3.63, 3.8) is 0 Å². The third-order valence-corrected chi connectivity index (χ3v) is 2.97. The van der Waals surface area contributed by atoms with Gasteiger partial charge in [-0.05, 0) is 44.0 Å². The number of carbonyl (C=O) groups is 1. The first-order valence-electron chi connectivity index (χ1n) is 5.56. The summed E-state index contributed by atoms with van der Waals surface area (Å²) < 4.78 is 0. The number of carboxylic acids is 1. The zero-order valence-corrected chi connectivity index (χ0v) is 10.6. The quantitative estimate of drug-likeness (QED) is 0.749. The fraction of sp³-hybridized carbons (Fsp3) is 0.385. The summed E-state index contributed by atoms with van der Waals surface area (Å²) in [4.78, 5) is 11.0. The summed E-state index contributed by atoms with van der Waals surface area (Å²) in [5.41, 5.74) is 2.78. The summed E-state index contributed by atoms with van der Waals surface area (Å²) in [5.74, 6) is -1.12. The van der Waals surface area contributed by atoms with Gasteiger partial charge in [0.1, 0.15) is 0 Å². The molecule has 0 heterocycles. The Labute approximate surface area is 106 Å². The van der Waals surface area contributed by atoms with E-state index in [1.54, 1.807) is 26.0 Å². The zero-order valence-electron chi connectivity index (χ0n) is 10.6. The first-order valence-corrected chi connectivity index (χ1v) is 5.56. The van der Waals surface area contributed by atoms with Crippen LogP contribution < -0.4 is 5.32 Å². The van der Waals surface area contributed by atoms with Crippen molar-refractivity contribution in [1.29, 1.82) is 5.26 Å². The van der Waals surface area contributed by atoms with Crippen molar-refractivity contribution >= 4 is 11.7 Å². The van der Waals surface area contributed by atoms with E-state index in [1.165, 1.54) is 6.92 Å². The second kappa shape index (κ2) is 5.52. The molecule has 0 saturated heterocycles. The second-order valence-electron chi connectivity index (χ2n) is 4.22. The standard InChI is InChI=1S/C13H16N2O3/c1-7-8(2)11(5-4-10(7)6-14)15-12(9(3)16)13(17)18/h4-5,9,12,15-16H,1-3H3,(H,17,18)/t9-,12-/m1/s1. The molecule has 18 heavy (non-hydrogen) atoms. The number of hydrogen-bond donors (Lipinski definition) is 3. The molecule has 1 aromatic carbocycles. The Hall–Kier alpha value is -2.06. The minimum Gasteiger partial charge on any atom is -0.480 e. The van der Waals surface area contributed by atoms with E-state index in [-0.39, 0.29) is 0 Å². The van der Waals surface area contributed by atoms with Gasteiger partial charge in [0.05, 0.1) is 17.7 Å². The fourth-order valence-corrected chi connectivity index (χ4v) is 1.65. The highest BCUT2D eigenvalue weighted by atomic mass is 16.4. The van der Waals surface area contributed by atoms with Crippen molar-refractivity contribution in [3.05, 3.63) is 28.8 Å². The van der Waals surface area contributed by atoms with Crippen LogP contribution in [0.2, 0.25) is 0 Å². The molecule has 5 nitrogen and oxygen atoms in total. The predicted octanol–water partition coefficient (Wildman–Crippen LogP) is 1.42. The molecule has 0 amide bonds. The number of nitrogens with one attached hydrogen (secondary N) is 1. The molecule has 0 aliphatic carbocycles. The average Bonchev–Trinajstić information content (AvgIpc) is 2.30. The number of aliphatic hydroxyl groups excluding tert-OH is 1. The van der Waals surface area contributed by atoms with Gasteiger partial charge in [-0.2, -0.15) is 5.26 Å². The van der Waals surface area contributed by atoms with E-state index in [0.717, 1.165) is 11.1 Å². The fourth-order valence-electron chi connectivity index (χ4n) is 1.65. The van der Waals surface area contributed by atoms with E-state index < -0.39 is 18.1 Å². The van der Waals surface area contributed by atoms with Crippen molar-refractivity contribution in [2.24, 2.45) is 0 Å². The van der Waals surface area contributed by atoms with Crippen LogP contribution in [-0.2, 0) is 4.79 Å². The number of hydrogen-bond acceptors (Lipinski definition) is 4. The molecule has 0 spiro atoms. The number of nitrogens with zero attached hydrogens (tertiary/aromatic N) is 1. The molecule has 2 atom stereocenters. The molecule has 0 saturated carbocycles. The van der Waals surface area contributed by atoms with Crippen LogP contribution in [0.3, 0.4) is 0 Å². The first kappa shape index (κ1) is 14.0. The van der Waals surface area contributed by atoms with Crippen LogP contribution in [0.15, 0.2) is 12.1 Å². The van der Waals surface area contributed by atoms with Crippen molar-refractivity contribution in [2.45, 2.75) is 32.9 Å². The molecule has 1 aromatic rings. The van der Waals surface area contributed by atoms with Gasteiger partial charge < -0.3 is 15.5 Å². The third-order valence-electron chi connectivity index (χ3n) is 2.97. The van der Waals surface area contributed by atoms with Crippen LogP contribution in [0, 0.1) is 25.2 Å². The molecule has 0 bridgehead atoms. The average molecular weight is 248 g/mol. The maximum atomic E-state index is 11.0. The van der Waals surface area contributed by atoms with Crippen molar-refractivity contribution in [2.75, 3.05) is 5.32 Å². The first-order chi connectivity index (χ1) is 8.38. The van der Waals surface area contributed by atoms with Gasteiger partial charge in [-0.25, -0.2) is 4.79 Å². The van der Waals surface area contributed by atoms with E-state index in [0.29, 0.717) is 11.3 Å². The topological polar surface area (TPSA) is 93.4 Å². The molecule has 0 aromatic heterocycles. The van der Waals surface area contributed by atoms with Gasteiger partial charge in [0, 0.05) is 5.69 Å². The second-order valence-corrected chi connectivity index (χ2v) is 4.22. The minimum absolute atomic E-state index is 0.557. The smallest absolute Gasteiger partial charge is 0.328 e. The van der Waals surface area contributed by atoms with Crippen molar-refractivity contribution in [1.82, 2.24) is 0 Å². The van der Waals surface area contributed by atoms with Crippen molar-refractivity contribution < 1.29 is 15.0 Å². The third kappa shape index (κ3) is 2.79. The van der Waals surface area contributed by atoms with Crippen LogP contribution in [0.5, 0.6) is 0 Å². The Morgan fingerprint density at radius 3 is 2.44 bits per heavy atom. The van der Waals surface area contributed by atoms with Gasteiger partial charge in [0.25, 0.3) is 0 Å². The highest BCUT2D eigenvalue weighted by molar-refractivity contribution is 5.78. The van der Waals surface area contributed by atoms with E-state index in [9.17, 15) is 9.90 Å². The minimum atomic E-state index is -1.12. The van der Waals surface area contributed by atoms with Crippen molar-refractivity contribution in [3.8, 4) is 6.07 Å². The van der Waals surface area contributed by atoms with Gasteiger partial charge in [0.2, 0.25) is 0 Å². The molecule has 3 N–H and O–H groups in total. The maximum absolute atomic E-state index is 11.0. The molecular formula is C13H16N2O3. The molecule has 0 fully saturated rings. The van der Waals surface area contributed by atoms with E-state index in [4.69, 9.17) is 10.4 Å². The Kier molecular flexibility index (Phi) is 4.29. The largest absolute Gasteiger partial charge is 0.480 e. The Balaban J connectivity index is 3.09. The van der Waals surface area contributed by atoms with Crippen LogP contribution in [0.25, 0.3) is 0 Å². The normalized spacial score (nSPS) is 13.5. The van der Waals surface area contributed by atoms with E-state index in [1.807, 2.05) is 0 Å². The summed E-state index contributed by atoms with van der Waals surface area (Å²) in [6.07, 6.45) is -1.02. The molecule has 5 heteroatoms. The van der Waals surface area contributed by atoms with Crippen LogP contribution >= 0.6 is 0 Å². The summed E-state index contributed by atoms with van der Waals surface area (Å²) >= 11 is 0. The van der Waals surface area contributed by atoms with Gasteiger partial charge in [-0.1, -0.05) is 0 Å². The number of aliphatic hydroxyl groups is 1. The number of anilines is 1. The van der Waals surface area contributed by atoms with Gasteiger partial charge in [-0.3, -0.25) is 0 Å². The van der Waals surface area contributed by atoms with Gasteiger partial charge in [0.15, 0.2) is 6.04 Å². The highest BCUT2D eigenvalue weighted by Gasteiger charge is 2.23. The lowest BCUT2D eigenvalue weighted by molar-refractivity contribution is -0.140. The van der Waals surface area contributed by atoms with Crippen LogP contribution in [0.4, 0.5) is 5.69 Å². The molecule has 1 rings (SSSR count). The van der Waals surface area contributed by atoms with Gasteiger partial charge >= 0.3 is 5.97 Å². The summed E-state index contributed by atoms with van der Waals surface area (Å²) in [7, 11) is 0. The Morgan fingerprint density at radius 1 is 1.39 bits per heavy atom. The zero-order chi connectivity index (χ0) is 13.9. The molecule has 0 aliphatic heterocycles. The lowest BCUT2D eigenvalue weighted by Gasteiger charge is -2.20. The highest BCUT2D eigenvalue weighted by Crippen LogP contribution is 2.22. The summed E-state index contributed by atoms with van der Waals surface area (Å²) in [6.45, 7) is 5.02. The maximum Gasteiger partial charge on any atom is 0.328 e. The molecule has 0 unspecified atom stereocenters. The number of aliphatic carboxylic acids is 1. The van der Waals surface area contributed by atoms with Crippen LogP contribution in [-0.4, -0.2) is 28.3 Å². The molecular weight excluding hydrogens is 232 g/mol. The van der Waals surface area contributed by atoms with Crippen LogP contribution in [0.1, 0.15) is 23.6 Å². The van der Waals surface area contributed by atoms with E-state index >= 15 is 0 Å². The Morgan fingerprint density at radius 2 is 2.00 bits per heavy atom. The SMILES string of the molecule is Cc1c(C#N)ccc(N[C@@H](C(=O)O)[C@@H](C)O)c1C. The predicted molar refractivity (Wildman–Crippen MR) is 67.4 cm³/mol. The monoisotopic (exact) mass is 248 g/mol. The van der Waals surface area contributed by atoms with E-state index in [2.05, 4.69) is 11.4 Å². The number of carboxylic acid groups (broad SMARTS) is 1.